The molecule has 1 fully saturated rings. The van der Waals surface area contributed by atoms with Gasteiger partial charge in [0, 0.05) is 46.8 Å². The maximum Gasteiger partial charge on any atom is 0.242 e. The van der Waals surface area contributed by atoms with Crippen molar-refractivity contribution in [1.82, 2.24) is 13.5 Å². The summed E-state index contributed by atoms with van der Waals surface area (Å²) < 4.78 is 50.4. The van der Waals surface area contributed by atoms with Crippen molar-refractivity contribution in [2.24, 2.45) is 0 Å². The lowest BCUT2D eigenvalue weighted by atomic mass is 10.2. The maximum absolute atomic E-state index is 12.5. The molecule has 0 unspecified atom stereocenters. The highest BCUT2D eigenvalue weighted by molar-refractivity contribution is 7.89. The number of nitrogens with one attached hydrogen (secondary N) is 2. The van der Waals surface area contributed by atoms with Crippen LogP contribution in [-0.2, 0) is 24.8 Å². The van der Waals surface area contributed by atoms with Gasteiger partial charge in [0.2, 0.25) is 26.0 Å². The molecular weight excluding hydrogens is 418 g/mol. The van der Waals surface area contributed by atoms with Crippen molar-refractivity contribution < 1.29 is 21.6 Å². The zero-order chi connectivity index (χ0) is 21.8. The Labute approximate surface area is 173 Å². The van der Waals surface area contributed by atoms with E-state index in [9.17, 15) is 21.6 Å². The predicted octanol–water partition coefficient (Wildman–Crippen LogP) is -0.116. The molecule has 0 radical (unpaired) electrons. The quantitative estimate of drug-likeness (QED) is 0.570. The van der Waals surface area contributed by atoms with Crippen LogP contribution >= 0.6 is 0 Å². The summed E-state index contributed by atoms with van der Waals surface area (Å²) in [6.45, 7) is 3.71. The van der Waals surface area contributed by atoms with Crippen molar-refractivity contribution in [3.8, 4) is 0 Å². The van der Waals surface area contributed by atoms with E-state index in [0.717, 1.165) is 10.6 Å². The van der Waals surface area contributed by atoms with Gasteiger partial charge in [0.25, 0.3) is 0 Å². The first-order chi connectivity index (χ1) is 13.5. The van der Waals surface area contributed by atoms with Crippen LogP contribution in [0.3, 0.4) is 0 Å². The summed E-state index contributed by atoms with van der Waals surface area (Å²) >= 11 is 0. The topological polar surface area (TPSA) is 119 Å². The third kappa shape index (κ3) is 5.81. The zero-order valence-electron chi connectivity index (χ0n) is 17.2. The molecule has 29 heavy (non-hydrogen) atoms. The number of carbonyl (C=O) groups is 1. The van der Waals surface area contributed by atoms with Crippen LogP contribution in [-0.4, -0.2) is 95.9 Å². The average molecular weight is 448 g/mol. The van der Waals surface area contributed by atoms with Gasteiger partial charge in [-0.25, -0.2) is 21.1 Å². The summed E-state index contributed by atoms with van der Waals surface area (Å²) in [4.78, 5) is 14.3. The molecule has 10 nitrogen and oxygen atoms in total. The van der Waals surface area contributed by atoms with Crippen LogP contribution in [0.2, 0.25) is 0 Å². The Morgan fingerprint density at radius 2 is 1.66 bits per heavy atom. The van der Waals surface area contributed by atoms with Gasteiger partial charge in [-0.2, -0.15) is 4.31 Å². The molecule has 1 saturated heterocycles. The minimum absolute atomic E-state index is 0.0251. The number of sulfonamides is 2. The molecule has 0 atom stereocenters. The van der Waals surface area contributed by atoms with Crippen molar-refractivity contribution in [2.45, 2.75) is 11.8 Å². The van der Waals surface area contributed by atoms with Crippen molar-refractivity contribution in [3.05, 3.63) is 18.2 Å². The largest absolute Gasteiger partial charge is 0.384 e. The van der Waals surface area contributed by atoms with E-state index in [1.807, 2.05) is 6.92 Å². The Bertz CT molecular complexity index is 939. The first kappa shape index (κ1) is 23.4. The maximum atomic E-state index is 12.5. The van der Waals surface area contributed by atoms with Gasteiger partial charge in [-0.15, -0.1) is 0 Å². The molecule has 0 aromatic heterocycles. The second-order valence-corrected chi connectivity index (χ2v) is 11.1. The van der Waals surface area contributed by atoms with Crippen molar-refractivity contribution in [1.29, 1.82) is 0 Å². The van der Waals surface area contributed by atoms with Crippen LogP contribution in [0, 0.1) is 0 Å². The normalized spacial score (nSPS) is 16.1. The lowest BCUT2D eigenvalue weighted by Crippen LogP contribution is -2.51. The molecule has 0 bridgehead atoms. The number of nitrogens with zero attached hydrogens (tertiary/aromatic N) is 3. The minimum Gasteiger partial charge on any atom is -0.384 e. The van der Waals surface area contributed by atoms with Gasteiger partial charge in [-0.3, -0.25) is 4.79 Å². The number of amides is 1. The number of anilines is 2. The highest BCUT2D eigenvalue weighted by Crippen LogP contribution is 2.26. The molecule has 1 aliphatic rings. The molecule has 0 aliphatic carbocycles. The Morgan fingerprint density at radius 1 is 1.03 bits per heavy atom. The van der Waals surface area contributed by atoms with Gasteiger partial charge >= 0.3 is 0 Å². The Morgan fingerprint density at radius 3 is 2.17 bits per heavy atom. The molecule has 12 heteroatoms. The van der Waals surface area contributed by atoms with Gasteiger partial charge in [0.1, 0.15) is 0 Å². The predicted molar refractivity (Wildman–Crippen MR) is 113 cm³/mol. The Balaban J connectivity index is 2.10. The Hall–Kier alpha value is -1.89. The molecule has 0 saturated carbocycles. The van der Waals surface area contributed by atoms with Crippen LogP contribution in [0.5, 0.6) is 0 Å². The van der Waals surface area contributed by atoms with Crippen LogP contribution in [0.4, 0.5) is 11.4 Å². The molecular formula is C17H29N5O5S2. The molecule has 2 N–H and O–H groups in total. The number of carbonyl (C=O) groups excluding carboxylic acids is 1. The number of rotatable bonds is 8. The first-order valence-corrected chi connectivity index (χ1v) is 12.5. The fraction of sp³-hybridized carbons (Fsp3) is 0.588. The number of hydrogen-bond acceptors (Lipinski definition) is 7. The highest BCUT2D eigenvalue weighted by Gasteiger charge is 2.26. The highest BCUT2D eigenvalue weighted by atomic mass is 32.2. The summed E-state index contributed by atoms with van der Waals surface area (Å²) in [7, 11) is -3.94. The van der Waals surface area contributed by atoms with Crippen LogP contribution < -0.4 is 10.6 Å². The van der Waals surface area contributed by atoms with Crippen LogP contribution in [0.25, 0.3) is 0 Å². The van der Waals surface area contributed by atoms with Gasteiger partial charge in [0.05, 0.1) is 29.1 Å². The van der Waals surface area contributed by atoms with E-state index in [2.05, 4.69) is 10.6 Å². The molecule has 1 amide bonds. The summed E-state index contributed by atoms with van der Waals surface area (Å²) in [5.74, 6) is -0.179. The van der Waals surface area contributed by atoms with Gasteiger partial charge in [-0.1, -0.05) is 0 Å². The standard InChI is InChI=1S/C17H29N5O5S2/c1-5-18-15-7-6-14(29(26,27)20(2)3)12-16(15)19-13-17(23)21-8-10-22(11-9-21)28(4,24)25/h6-7,12,18-19H,5,8-11,13H2,1-4H3. The van der Waals surface area contributed by atoms with Crippen molar-refractivity contribution >= 4 is 37.3 Å². The fourth-order valence-electron chi connectivity index (χ4n) is 2.94. The monoisotopic (exact) mass is 447 g/mol. The van der Waals surface area contributed by atoms with Crippen molar-refractivity contribution in [2.75, 3.05) is 70.3 Å². The second-order valence-electron chi connectivity index (χ2n) is 6.92. The van der Waals surface area contributed by atoms with Crippen LogP contribution in [0.1, 0.15) is 6.92 Å². The van der Waals surface area contributed by atoms with E-state index >= 15 is 0 Å². The molecule has 1 aromatic rings. The van der Waals surface area contributed by atoms with Crippen molar-refractivity contribution in [3.63, 3.8) is 0 Å². The van der Waals surface area contributed by atoms with Gasteiger partial charge in [-0.05, 0) is 25.1 Å². The van der Waals surface area contributed by atoms with E-state index in [-0.39, 0.29) is 30.4 Å². The molecule has 1 heterocycles. The number of hydrogen-bond donors (Lipinski definition) is 2. The van der Waals surface area contributed by atoms with Gasteiger partial charge in [0.15, 0.2) is 0 Å². The smallest absolute Gasteiger partial charge is 0.242 e. The molecule has 164 valence electrons. The van der Waals surface area contributed by atoms with E-state index in [0.29, 0.717) is 31.0 Å². The average Bonchev–Trinajstić information content (AvgIpc) is 2.66. The zero-order valence-corrected chi connectivity index (χ0v) is 18.8. The van der Waals surface area contributed by atoms with E-state index in [1.54, 1.807) is 11.0 Å². The number of piperazine rings is 1. The summed E-state index contributed by atoms with van der Waals surface area (Å²) in [6.07, 6.45) is 1.16. The van der Waals surface area contributed by atoms with Crippen LogP contribution in [0.15, 0.2) is 23.1 Å². The lowest BCUT2D eigenvalue weighted by molar-refractivity contribution is -0.130. The summed E-state index contributed by atoms with van der Waals surface area (Å²) in [5, 5.41) is 6.16. The molecule has 1 aromatic carbocycles. The third-order valence-electron chi connectivity index (χ3n) is 4.63. The summed E-state index contributed by atoms with van der Waals surface area (Å²) in [5.41, 5.74) is 1.21. The molecule has 2 rings (SSSR count). The van der Waals surface area contributed by atoms with E-state index in [4.69, 9.17) is 0 Å². The van der Waals surface area contributed by atoms with Gasteiger partial charge < -0.3 is 15.5 Å². The third-order valence-corrected chi connectivity index (χ3v) is 7.74. The second kappa shape index (κ2) is 9.28. The summed E-state index contributed by atoms with van der Waals surface area (Å²) in [6, 6.07) is 4.69. The number of benzene rings is 1. The lowest BCUT2D eigenvalue weighted by Gasteiger charge is -2.33. The Kier molecular flexibility index (Phi) is 7.49. The SMILES string of the molecule is CCNc1ccc(S(=O)(=O)N(C)C)cc1NCC(=O)N1CCN(S(C)(=O)=O)CC1. The van der Waals surface area contributed by atoms with E-state index < -0.39 is 20.0 Å². The van der Waals surface area contributed by atoms with E-state index in [1.165, 1.54) is 30.5 Å². The minimum atomic E-state index is -3.60. The molecule has 0 spiro atoms. The first-order valence-electron chi connectivity index (χ1n) is 9.24. The molecule has 1 aliphatic heterocycles. The fourth-order valence-corrected chi connectivity index (χ4v) is 4.69.